The maximum Gasteiger partial charge on any atom is 0.299 e. The van der Waals surface area contributed by atoms with E-state index in [1.165, 1.54) is 69.9 Å². The number of hydrogen-bond donors (Lipinski definition) is 0. The first kappa shape index (κ1) is 24.1. The summed E-state index contributed by atoms with van der Waals surface area (Å²) in [6.45, 7) is 0.381. The van der Waals surface area contributed by atoms with Crippen molar-refractivity contribution in [3.63, 3.8) is 0 Å². The van der Waals surface area contributed by atoms with Crippen LogP contribution in [-0.4, -0.2) is 43.6 Å². The zero-order valence-electron chi connectivity index (χ0n) is 19.1. The molecule has 2 aliphatic rings. The largest absolute Gasteiger partial charge is 0.492 e. The molecule has 0 spiro atoms. The number of ether oxygens (including phenoxy) is 1. The highest BCUT2D eigenvalue weighted by atomic mass is 32.2. The van der Waals surface area contributed by atoms with Gasteiger partial charge in [-0.05, 0) is 60.9 Å². The van der Waals surface area contributed by atoms with Gasteiger partial charge in [-0.15, -0.1) is 0 Å². The van der Waals surface area contributed by atoms with E-state index in [1.54, 1.807) is 6.07 Å². The van der Waals surface area contributed by atoms with E-state index in [1.807, 2.05) is 0 Å². The number of carbonyl (C=O) groups is 2. The number of anilines is 1. The Kier molecular flexibility index (Phi) is 6.31. The molecule has 0 saturated carbocycles. The molecule has 0 unspecified atom stereocenters. The first-order valence-corrected chi connectivity index (χ1v) is 12.8. The van der Waals surface area contributed by atoms with E-state index in [9.17, 15) is 26.8 Å². The summed E-state index contributed by atoms with van der Waals surface area (Å²) in [5.74, 6) is -2.13. The number of rotatable bonds is 7. The molecule has 1 saturated heterocycles. The fraction of sp³-hybridized carbons (Fsp3) is 0.231. The van der Waals surface area contributed by atoms with Crippen LogP contribution in [0, 0.1) is 11.6 Å². The van der Waals surface area contributed by atoms with E-state index in [2.05, 4.69) is 0 Å². The first-order valence-electron chi connectivity index (χ1n) is 11.4. The lowest BCUT2D eigenvalue weighted by atomic mass is 10.1. The number of carbonyl (C=O) groups excluding carboxylic acids is 2. The second kappa shape index (κ2) is 9.44. The summed E-state index contributed by atoms with van der Waals surface area (Å²) < 4.78 is 60.6. The summed E-state index contributed by atoms with van der Waals surface area (Å²) in [6.07, 6.45) is 1.20. The average Bonchev–Trinajstić information content (AvgIpc) is 3.44. The Balaban J connectivity index is 1.37. The van der Waals surface area contributed by atoms with Crippen molar-refractivity contribution in [1.82, 2.24) is 4.31 Å². The van der Waals surface area contributed by atoms with Crippen molar-refractivity contribution in [2.24, 2.45) is 0 Å². The monoisotopic (exact) mass is 512 g/mol. The minimum atomic E-state index is -3.99. The molecule has 2 heterocycles. The predicted octanol–water partition coefficient (Wildman–Crippen LogP) is 3.93. The standard InChI is InChI=1S/C26H22F2N2O5S/c27-18-8-6-17(7-9-18)15-29-24-11-10-22(14-23(24)25(31)26(29)32)36(33,34)30-12-2-4-20(30)16-35-21-5-1-3-19(28)13-21/h1,3,5-11,13-14,20H,2,4,12,15-16H2/t20-/m0/s1. The molecule has 7 nitrogen and oxygen atoms in total. The van der Waals surface area contributed by atoms with Crippen molar-refractivity contribution < 1.29 is 31.5 Å². The lowest BCUT2D eigenvalue weighted by Gasteiger charge is -2.24. The summed E-state index contributed by atoms with van der Waals surface area (Å²) in [4.78, 5) is 26.5. The number of fused-ring (bicyclic) bond motifs is 1. The average molecular weight is 513 g/mol. The van der Waals surface area contributed by atoms with Crippen molar-refractivity contribution >= 4 is 27.4 Å². The second-order valence-electron chi connectivity index (χ2n) is 8.71. The van der Waals surface area contributed by atoms with Crippen LogP contribution >= 0.6 is 0 Å². The Bertz CT molecular complexity index is 1440. The highest BCUT2D eigenvalue weighted by Gasteiger charge is 2.40. The van der Waals surface area contributed by atoms with E-state index in [-0.39, 0.29) is 30.2 Å². The van der Waals surface area contributed by atoms with Gasteiger partial charge in [0.25, 0.3) is 11.7 Å². The molecule has 3 aromatic carbocycles. The van der Waals surface area contributed by atoms with E-state index >= 15 is 0 Å². The molecule has 0 N–H and O–H groups in total. The maximum atomic E-state index is 13.5. The lowest BCUT2D eigenvalue weighted by Crippen LogP contribution is -2.39. The molecule has 1 atom stereocenters. The molecule has 0 aliphatic carbocycles. The number of nitrogens with zero attached hydrogens (tertiary/aromatic N) is 2. The number of amides is 1. The van der Waals surface area contributed by atoms with Gasteiger partial charge in [0.2, 0.25) is 10.0 Å². The van der Waals surface area contributed by atoms with E-state index in [0.717, 1.165) is 0 Å². The van der Waals surface area contributed by atoms with E-state index < -0.39 is 39.4 Å². The summed E-state index contributed by atoms with van der Waals surface area (Å²) >= 11 is 0. The third-order valence-corrected chi connectivity index (χ3v) is 8.31. The highest BCUT2D eigenvalue weighted by Crippen LogP contribution is 2.34. The van der Waals surface area contributed by atoms with Crippen LogP contribution in [0.3, 0.4) is 0 Å². The Hall–Kier alpha value is -3.63. The van der Waals surface area contributed by atoms with Crippen LogP contribution in [0.2, 0.25) is 0 Å². The van der Waals surface area contributed by atoms with Crippen molar-refractivity contribution in [2.75, 3.05) is 18.1 Å². The van der Waals surface area contributed by atoms with Crippen LogP contribution in [0.25, 0.3) is 0 Å². The first-order chi connectivity index (χ1) is 17.2. The molecule has 5 rings (SSSR count). The molecule has 0 bridgehead atoms. The molecule has 0 aromatic heterocycles. The predicted molar refractivity (Wildman–Crippen MR) is 127 cm³/mol. The van der Waals surface area contributed by atoms with Crippen LogP contribution in [-0.2, 0) is 21.4 Å². The highest BCUT2D eigenvalue weighted by molar-refractivity contribution is 7.89. The maximum absolute atomic E-state index is 13.5. The van der Waals surface area contributed by atoms with Gasteiger partial charge in [-0.25, -0.2) is 17.2 Å². The zero-order chi connectivity index (χ0) is 25.4. The van der Waals surface area contributed by atoms with Crippen LogP contribution in [0.1, 0.15) is 28.8 Å². The fourth-order valence-electron chi connectivity index (χ4n) is 4.55. The molecule has 0 radical (unpaired) electrons. The van der Waals surface area contributed by atoms with E-state index in [0.29, 0.717) is 29.8 Å². The quantitative estimate of drug-likeness (QED) is 0.448. The SMILES string of the molecule is O=C1C(=O)N(Cc2ccc(F)cc2)c2ccc(S(=O)(=O)N3CCC[C@H]3COc3cccc(F)c3)cc21. The summed E-state index contributed by atoms with van der Waals surface area (Å²) in [5.41, 5.74) is 0.941. The van der Waals surface area contributed by atoms with Crippen molar-refractivity contribution in [2.45, 2.75) is 30.3 Å². The molecule has 10 heteroatoms. The molecular weight excluding hydrogens is 490 g/mol. The fourth-order valence-corrected chi connectivity index (χ4v) is 6.25. The lowest BCUT2D eigenvalue weighted by molar-refractivity contribution is -0.114. The van der Waals surface area contributed by atoms with Gasteiger partial charge in [-0.2, -0.15) is 4.31 Å². The molecule has 36 heavy (non-hydrogen) atoms. The molecule has 1 fully saturated rings. The minimum absolute atomic E-state index is 0.00921. The molecule has 2 aliphatic heterocycles. The third kappa shape index (κ3) is 4.49. The van der Waals surface area contributed by atoms with Crippen molar-refractivity contribution in [3.05, 3.63) is 89.5 Å². The zero-order valence-corrected chi connectivity index (χ0v) is 19.9. The molecular formula is C26H22F2N2O5S. The van der Waals surface area contributed by atoms with Crippen LogP contribution < -0.4 is 9.64 Å². The summed E-state index contributed by atoms with van der Waals surface area (Å²) in [5, 5.41) is 0. The summed E-state index contributed by atoms with van der Waals surface area (Å²) in [6, 6.07) is 14.8. The van der Waals surface area contributed by atoms with Gasteiger partial charge in [0.1, 0.15) is 24.0 Å². The van der Waals surface area contributed by atoms with Gasteiger partial charge < -0.3 is 9.64 Å². The van der Waals surface area contributed by atoms with Gasteiger partial charge in [0, 0.05) is 12.6 Å². The Morgan fingerprint density at radius 2 is 1.72 bits per heavy atom. The molecule has 3 aromatic rings. The molecule has 1 amide bonds. The van der Waals surface area contributed by atoms with Gasteiger partial charge in [0.05, 0.1) is 28.7 Å². The minimum Gasteiger partial charge on any atom is -0.492 e. The number of halogens is 2. The Labute approximate surface area is 207 Å². The Morgan fingerprint density at radius 1 is 0.944 bits per heavy atom. The van der Waals surface area contributed by atoms with Crippen molar-refractivity contribution in [1.29, 1.82) is 0 Å². The number of Topliss-reactive ketones (excluding diaryl/α,β-unsaturated/α-hetero) is 1. The smallest absolute Gasteiger partial charge is 0.299 e. The van der Waals surface area contributed by atoms with Gasteiger partial charge >= 0.3 is 0 Å². The summed E-state index contributed by atoms with van der Waals surface area (Å²) in [7, 11) is -3.99. The van der Waals surface area contributed by atoms with Crippen molar-refractivity contribution in [3.8, 4) is 5.75 Å². The van der Waals surface area contributed by atoms with Crippen LogP contribution in [0.4, 0.5) is 14.5 Å². The second-order valence-corrected chi connectivity index (χ2v) is 10.6. The number of ketones is 1. The van der Waals surface area contributed by atoms with E-state index in [4.69, 9.17) is 4.74 Å². The normalized spacial score (nSPS) is 18.1. The Morgan fingerprint density at radius 3 is 2.47 bits per heavy atom. The van der Waals surface area contributed by atoms with Gasteiger partial charge in [-0.3, -0.25) is 9.59 Å². The van der Waals surface area contributed by atoms with Gasteiger partial charge in [0.15, 0.2) is 0 Å². The van der Waals surface area contributed by atoms with Gasteiger partial charge in [-0.1, -0.05) is 18.2 Å². The number of benzene rings is 3. The molecule has 186 valence electrons. The topological polar surface area (TPSA) is 84.0 Å². The number of sulfonamides is 1. The van der Waals surface area contributed by atoms with Crippen LogP contribution in [0.15, 0.2) is 71.6 Å². The third-order valence-electron chi connectivity index (χ3n) is 6.36. The van der Waals surface area contributed by atoms with Crippen LogP contribution in [0.5, 0.6) is 5.75 Å². The number of hydrogen-bond acceptors (Lipinski definition) is 5.